The Balaban J connectivity index is 0.00000300. The molecule has 0 unspecified atom stereocenters. The van der Waals surface area contributed by atoms with Crippen LogP contribution in [-0.4, -0.2) is 6.54 Å². The Labute approximate surface area is 201 Å². The lowest BCUT2D eigenvalue weighted by Crippen LogP contribution is -2.17. The van der Waals surface area contributed by atoms with Crippen LogP contribution in [0.4, 0.5) is 0 Å². The summed E-state index contributed by atoms with van der Waals surface area (Å²) in [6, 6.07) is 19.3. The van der Waals surface area contributed by atoms with Gasteiger partial charge in [0.2, 0.25) is 0 Å². The van der Waals surface area contributed by atoms with Crippen LogP contribution in [0.3, 0.4) is 0 Å². The molecule has 0 fully saturated rings. The second kappa shape index (κ2) is 12.0. The molecule has 0 aliphatic rings. The Kier molecular flexibility index (Phi) is 10.1. The molecule has 3 aromatic rings. The van der Waals surface area contributed by atoms with Crippen molar-refractivity contribution < 1.29 is 4.74 Å². The van der Waals surface area contributed by atoms with Gasteiger partial charge in [0, 0.05) is 37.2 Å². The van der Waals surface area contributed by atoms with Crippen molar-refractivity contribution in [2.24, 2.45) is 0 Å². The van der Waals surface area contributed by atoms with Gasteiger partial charge in [-0.05, 0) is 61.0 Å². The SMILES string of the molecule is Cl.Clc1ccc(CCNCc2cc(Br)ccc2OCc2ccc(Cl)cc2Cl)cc1. The Morgan fingerprint density at radius 3 is 2.28 bits per heavy atom. The van der Waals surface area contributed by atoms with Gasteiger partial charge >= 0.3 is 0 Å². The van der Waals surface area contributed by atoms with E-state index in [-0.39, 0.29) is 12.4 Å². The normalized spacial score (nSPS) is 10.5. The van der Waals surface area contributed by atoms with E-state index in [4.69, 9.17) is 39.5 Å². The van der Waals surface area contributed by atoms with Crippen LogP contribution in [0.1, 0.15) is 16.7 Å². The molecular formula is C22H20BrCl4NO. The molecule has 0 saturated heterocycles. The van der Waals surface area contributed by atoms with Crippen LogP contribution < -0.4 is 10.1 Å². The average Bonchev–Trinajstić information content (AvgIpc) is 2.67. The molecule has 0 aliphatic heterocycles. The largest absolute Gasteiger partial charge is 0.489 e. The summed E-state index contributed by atoms with van der Waals surface area (Å²) >= 11 is 21.7. The summed E-state index contributed by atoms with van der Waals surface area (Å²) in [5, 5.41) is 5.45. The van der Waals surface area contributed by atoms with Crippen molar-refractivity contribution in [1.82, 2.24) is 5.32 Å². The Bertz CT molecular complexity index is 935. The fourth-order valence-corrected chi connectivity index (χ4v) is 3.73. The quantitative estimate of drug-likeness (QED) is 0.298. The van der Waals surface area contributed by atoms with E-state index in [0.29, 0.717) is 23.2 Å². The van der Waals surface area contributed by atoms with Gasteiger partial charge in [0.15, 0.2) is 0 Å². The lowest BCUT2D eigenvalue weighted by Gasteiger charge is -2.14. The van der Waals surface area contributed by atoms with Crippen LogP contribution in [0.15, 0.2) is 65.1 Å². The molecule has 0 amide bonds. The van der Waals surface area contributed by atoms with Crippen molar-refractivity contribution in [2.75, 3.05) is 6.54 Å². The molecule has 0 aromatic heterocycles. The minimum atomic E-state index is 0. The number of hydrogen-bond donors (Lipinski definition) is 1. The van der Waals surface area contributed by atoms with Crippen molar-refractivity contribution >= 4 is 63.1 Å². The van der Waals surface area contributed by atoms with Gasteiger partial charge < -0.3 is 10.1 Å². The minimum Gasteiger partial charge on any atom is -0.489 e. The molecule has 1 N–H and O–H groups in total. The van der Waals surface area contributed by atoms with Gasteiger partial charge in [-0.15, -0.1) is 12.4 Å². The molecule has 0 saturated carbocycles. The average molecular weight is 536 g/mol. The van der Waals surface area contributed by atoms with Gasteiger partial charge in [0.1, 0.15) is 12.4 Å². The van der Waals surface area contributed by atoms with Gasteiger partial charge in [-0.2, -0.15) is 0 Å². The fourth-order valence-electron chi connectivity index (χ4n) is 2.73. The highest BCUT2D eigenvalue weighted by molar-refractivity contribution is 9.10. The zero-order valence-corrected chi connectivity index (χ0v) is 20.1. The number of ether oxygens (including phenoxy) is 1. The van der Waals surface area contributed by atoms with E-state index in [1.165, 1.54) is 5.56 Å². The van der Waals surface area contributed by atoms with E-state index in [1.54, 1.807) is 6.07 Å². The molecule has 154 valence electrons. The van der Waals surface area contributed by atoms with E-state index in [1.807, 2.05) is 48.5 Å². The number of nitrogens with one attached hydrogen (secondary N) is 1. The number of hydrogen-bond acceptors (Lipinski definition) is 2. The first kappa shape index (κ1) is 24.3. The lowest BCUT2D eigenvalue weighted by molar-refractivity contribution is 0.302. The third-order valence-corrected chi connectivity index (χ3v) is 5.57. The predicted octanol–water partition coefficient (Wildman–Crippen LogP) is 7.74. The highest BCUT2D eigenvalue weighted by Gasteiger charge is 2.07. The number of benzene rings is 3. The minimum absolute atomic E-state index is 0. The summed E-state index contributed by atoms with van der Waals surface area (Å²) in [4.78, 5) is 0. The second-order valence-electron chi connectivity index (χ2n) is 6.33. The van der Waals surface area contributed by atoms with Gasteiger partial charge in [-0.25, -0.2) is 0 Å². The van der Waals surface area contributed by atoms with Crippen molar-refractivity contribution in [2.45, 2.75) is 19.6 Å². The highest BCUT2D eigenvalue weighted by atomic mass is 79.9. The Morgan fingerprint density at radius 1 is 0.828 bits per heavy atom. The van der Waals surface area contributed by atoms with Crippen molar-refractivity contribution in [3.05, 3.63) is 96.9 Å². The van der Waals surface area contributed by atoms with E-state index < -0.39 is 0 Å². The maximum Gasteiger partial charge on any atom is 0.124 e. The van der Waals surface area contributed by atoms with Crippen LogP contribution in [0.25, 0.3) is 0 Å². The van der Waals surface area contributed by atoms with E-state index >= 15 is 0 Å². The van der Waals surface area contributed by atoms with Crippen molar-refractivity contribution in [3.63, 3.8) is 0 Å². The van der Waals surface area contributed by atoms with Crippen LogP contribution >= 0.6 is 63.1 Å². The molecule has 3 rings (SSSR count). The van der Waals surface area contributed by atoms with Gasteiger partial charge in [-0.3, -0.25) is 0 Å². The molecule has 0 heterocycles. The van der Waals surface area contributed by atoms with E-state index in [2.05, 4.69) is 27.3 Å². The number of halogens is 5. The molecule has 2 nitrogen and oxygen atoms in total. The first-order valence-electron chi connectivity index (χ1n) is 8.81. The fraction of sp³-hybridized carbons (Fsp3) is 0.182. The maximum absolute atomic E-state index is 6.24. The first-order chi connectivity index (χ1) is 13.5. The summed E-state index contributed by atoms with van der Waals surface area (Å²) in [6.45, 7) is 1.95. The third-order valence-electron chi connectivity index (χ3n) is 4.24. The van der Waals surface area contributed by atoms with Gasteiger partial charge in [-0.1, -0.05) is 68.9 Å². The standard InChI is InChI=1S/C22H19BrCl3NO.ClH/c23-18-4-8-22(28-14-16-3-7-20(25)12-21(16)26)17(11-18)13-27-10-9-15-1-5-19(24)6-2-15;/h1-8,11-12,27H,9-10,13-14H2;1H. The Hall–Kier alpha value is -0.940. The van der Waals surface area contributed by atoms with Gasteiger partial charge in [0.25, 0.3) is 0 Å². The lowest BCUT2D eigenvalue weighted by atomic mass is 10.1. The number of rotatable bonds is 8. The summed E-state index contributed by atoms with van der Waals surface area (Å²) in [7, 11) is 0. The zero-order valence-electron chi connectivity index (χ0n) is 15.4. The van der Waals surface area contributed by atoms with Crippen LogP contribution in [-0.2, 0) is 19.6 Å². The predicted molar refractivity (Wildman–Crippen MR) is 129 cm³/mol. The Morgan fingerprint density at radius 2 is 1.55 bits per heavy atom. The van der Waals surface area contributed by atoms with Crippen LogP contribution in [0.2, 0.25) is 15.1 Å². The molecule has 0 radical (unpaired) electrons. The summed E-state index contributed by atoms with van der Waals surface area (Å²) < 4.78 is 7.04. The molecule has 0 bridgehead atoms. The van der Waals surface area contributed by atoms with Crippen LogP contribution in [0, 0.1) is 0 Å². The molecule has 29 heavy (non-hydrogen) atoms. The molecule has 0 spiro atoms. The topological polar surface area (TPSA) is 21.3 Å². The second-order valence-corrected chi connectivity index (χ2v) is 8.53. The molecule has 0 atom stereocenters. The van der Waals surface area contributed by atoms with E-state index in [0.717, 1.165) is 39.3 Å². The smallest absolute Gasteiger partial charge is 0.124 e. The van der Waals surface area contributed by atoms with Gasteiger partial charge in [0.05, 0.1) is 0 Å². The molecule has 7 heteroatoms. The summed E-state index contributed by atoms with van der Waals surface area (Å²) in [5.74, 6) is 0.827. The van der Waals surface area contributed by atoms with Crippen molar-refractivity contribution in [3.8, 4) is 5.75 Å². The van der Waals surface area contributed by atoms with E-state index in [9.17, 15) is 0 Å². The molecule has 0 aliphatic carbocycles. The molecular weight excluding hydrogens is 516 g/mol. The monoisotopic (exact) mass is 533 g/mol. The molecule has 3 aromatic carbocycles. The first-order valence-corrected chi connectivity index (χ1v) is 10.7. The summed E-state index contributed by atoms with van der Waals surface area (Å²) in [5.41, 5.74) is 3.23. The highest BCUT2D eigenvalue weighted by Crippen LogP contribution is 2.26. The van der Waals surface area contributed by atoms with Crippen LogP contribution in [0.5, 0.6) is 5.75 Å². The van der Waals surface area contributed by atoms with Crippen molar-refractivity contribution in [1.29, 1.82) is 0 Å². The third kappa shape index (κ3) is 7.67. The maximum atomic E-state index is 6.24. The zero-order chi connectivity index (χ0) is 19.9. The summed E-state index contributed by atoms with van der Waals surface area (Å²) in [6.07, 6.45) is 0.932.